The third kappa shape index (κ3) is 2.59. The van der Waals surface area contributed by atoms with Crippen LogP contribution in [0, 0.1) is 5.82 Å². The highest BCUT2D eigenvalue weighted by Crippen LogP contribution is 2.43. The zero-order valence-corrected chi connectivity index (χ0v) is 13.8. The van der Waals surface area contributed by atoms with Crippen LogP contribution in [-0.2, 0) is 12.0 Å². The van der Waals surface area contributed by atoms with Crippen molar-refractivity contribution in [3.05, 3.63) is 71.0 Å². The summed E-state index contributed by atoms with van der Waals surface area (Å²) in [6.07, 6.45) is 4.56. The van der Waals surface area contributed by atoms with Crippen LogP contribution in [0.2, 0.25) is 0 Å². The molecule has 2 aliphatic rings. The van der Waals surface area contributed by atoms with Gasteiger partial charge in [0.05, 0.1) is 0 Å². The van der Waals surface area contributed by atoms with Gasteiger partial charge in [-0.15, -0.1) is 0 Å². The maximum atomic E-state index is 13.6. The van der Waals surface area contributed by atoms with Gasteiger partial charge in [0.1, 0.15) is 5.82 Å². The van der Waals surface area contributed by atoms with E-state index in [1.165, 1.54) is 29.5 Å². The van der Waals surface area contributed by atoms with Crippen LogP contribution in [0.1, 0.15) is 48.8 Å². The van der Waals surface area contributed by atoms with Gasteiger partial charge in [-0.2, -0.15) is 0 Å². The lowest BCUT2D eigenvalue weighted by molar-refractivity contribution is 0.111. The number of halogens is 1. The first-order valence-electron chi connectivity index (χ1n) is 8.76. The highest BCUT2D eigenvalue weighted by Gasteiger charge is 2.41. The Kier molecular flexibility index (Phi) is 3.73. The van der Waals surface area contributed by atoms with Crippen LogP contribution < -0.4 is 0 Å². The Morgan fingerprint density at radius 2 is 1.96 bits per heavy atom. The fraction of sp³-hybridized carbons (Fsp3) is 0.429. The lowest BCUT2D eigenvalue weighted by atomic mass is 9.76. The molecule has 1 saturated heterocycles. The minimum Gasteiger partial charge on any atom is -0.293 e. The molecular weight excluding hydrogens is 285 g/mol. The van der Waals surface area contributed by atoms with Gasteiger partial charge in [0.15, 0.2) is 0 Å². The molecule has 0 amide bonds. The van der Waals surface area contributed by atoms with Gasteiger partial charge >= 0.3 is 0 Å². The van der Waals surface area contributed by atoms with E-state index in [0.717, 1.165) is 25.9 Å². The molecule has 1 nitrogen and oxygen atoms in total. The van der Waals surface area contributed by atoms with Crippen LogP contribution in [0.5, 0.6) is 0 Å². The molecule has 23 heavy (non-hydrogen) atoms. The Labute approximate surface area is 138 Å². The number of likely N-dealkylation sites (tertiary alicyclic amines) is 1. The number of hydrogen-bond acceptors (Lipinski definition) is 1. The molecule has 0 aromatic heterocycles. The molecule has 1 heterocycles. The van der Waals surface area contributed by atoms with Crippen molar-refractivity contribution in [3.8, 4) is 0 Å². The van der Waals surface area contributed by atoms with Gasteiger partial charge in [0.25, 0.3) is 0 Å². The van der Waals surface area contributed by atoms with Crippen molar-refractivity contribution < 1.29 is 4.39 Å². The molecule has 0 saturated carbocycles. The second-order valence-electron chi connectivity index (χ2n) is 7.27. The van der Waals surface area contributed by atoms with Crippen molar-refractivity contribution in [2.24, 2.45) is 0 Å². The average molecular weight is 309 g/mol. The Morgan fingerprint density at radius 3 is 2.78 bits per heavy atom. The van der Waals surface area contributed by atoms with Gasteiger partial charge in [-0.3, -0.25) is 4.90 Å². The van der Waals surface area contributed by atoms with Crippen molar-refractivity contribution in [3.63, 3.8) is 0 Å². The van der Waals surface area contributed by atoms with Crippen LogP contribution in [0.3, 0.4) is 0 Å². The predicted octanol–water partition coefficient (Wildman–Crippen LogP) is 4.87. The average Bonchev–Trinajstić information content (AvgIpc) is 3.06. The topological polar surface area (TPSA) is 3.24 Å². The summed E-state index contributed by atoms with van der Waals surface area (Å²) in [4.78, 5) is 2.64. The Bertz CT molecular complexity index is 696. The highest BCUT2D eigenvalue weighted by molar-refractivity contribution is 5.37. The maximum Gasteiger partial charge on any atom is 0.123 e. The molecule has 2 aromatic rings. The number of fused-ring (bicyclic) bond motifs is 1. The van der Waals surface area contributed by atoms with Crippen molar-refractivity contribution in [1.29, 1.82) is 0 Å². The van der Waals surface area contributed by atoms with Gasteiger partial charge in [0, 0.05) is 12.1 Å². The number of benzene rings is 2. The van der Waals surface area contributed by atoms with Gasteiger partial charge < -0.3 is 0 Å². The molecule has 120 valence electrons. The van der Waals surface area contributed by atoms with Gasteiger partial charge in [0.2, 0.25) is 0 Å². The molecular formula is C21H24FN. The molecule has 0 radical (unpaired) electrons. The van der Waals surface area contributed by atoms with Crippen LogP contribution in [0.25, 0.3) is 0 Å². The molecule has 0 bridgehead atoms. The van der Waals surface area contributed by atoms with E-state index in [1.807, 2.05) is 6.07 Å². The SMILES string of the molecule is CC1(N2CCC(c3ccccc3)C2)CCCc2cc(F)ccc21. The normalized spacial score (nSPS) is 27.8. The van der Waals surface area contributed by atoms with E-state index in [1.54, 1.807) is 12.1 Å². The molecule has 0 N–H and O–H groups in total. The lowest BCUT2D eigenvalue weighted by Gasteiger charge is -2.43. The third-order valence-electron chi connectivity index (χ3n) is 5.91. The van der Waals surface area contributed by atoms with Gasteiger partial charge in [-0.1, -0.05) is 36.4 Å². The van der Waals surface area contributed by atoms with Crippen LogP contribution in [0.4, 0.5) is 4.39 Å². The van der Waals surface area contributed by atoms with E-state index < -0.39 is 0 Å². The first kappa shape index (κ1) is 14.9. The molecule has 2 aromatic carbocycles. The van der Waals surface area contributed by atoms with Crippen molar-refractivity contribution in [2.45, 2.75) is 44.1 Å². The second kappa shape index (κ2) is 5.76. The summed E-state index contributed by atoms with van der Waals surface area (Å²) < 4.78 is 13.6. The summed E-state index contributed by atoms with van der Waals surface area (Å²) in [5.41, 5.74) is 4.07. The second-order valence-corrected chi connectivity index (χ2v) is 7.27. The quantitative estimate of drug-likeness (QED) is 0.765. The van der Waals surface area contributed by atoms with Gasteiger partial charge in [-0.05, 0) is 73.9 Å². The summed E-state index contributed by atoms with van der Waals surface area (Å²) in [5, 5.41) is 0. The summed E-state index contributed by atoms with van der Waals surface area (Å²) in [6, 6.07) is 16.3. The van der Waals surface area contributed by atoms with Crippen LogP contribution in [0.15, 0.2) is 48.5 Å². The number of rotatable bonds is 2. The van der Waals surface area contributed by atoms with Crippen molar-refractivity contribution in [2.75, 3.05) is 13.1 Å². The molecule has 0 spiro atoms. The number of nitrogens with zero attached hydrogens (tertiary/aromatic N) is 1. The lowest BCUT2D eigenvalue weighted by Crippen LogP contribution is -2.44. The molecule has 4 rings (SSSR count). The number of aryl methyl sites for hydroxylation is 1. The van der Waals surface area contributed by atoms with E-state index in [4.69, 9.17) is 0 Å². The van der Waals surface area contributed by atoms with Crippen LogP contribution in [-0.4, -0.2) is 18.0 Å². The molecule has 2 heteroatoms. The van der Waals surface area contributed by atoms with E-state index >= 15 is 0 Å². The minimum absolute atomic E-state index is 0.0603. The zero-order chi connectivity index (χ0) is 15.9. The summed E-state index contributed by atoms with van der Waals surface area (Å²) >= 11 is 0. The maximum absolute atomic E-state index is 13.6. The summed E-state index contributed by atoms with van der Waals surface area (Å²) in [6.45, 7) is 4.60. The summed E-state index contributed by atoms with van der Waals surface area (Å²) in [5.74, 6) is 0.524. The minimum atomic E-state index is -0.100. The van der Waals surface area contributed by atoms with E-state index in [2.05, 4.69) is 42.2 Å². The molecule has 2 atom stereocenters. The monoisotopic (exact) mass is 309 g/mol. The predicted molar refractivity (Wildman–Crippen MR) is 92.1 cm³/mol. The number of hydrogen-bond donors (Lipinski definition) is 0. The van der Waals surface area contributed by atoms with E-state index in [-0.39, 0.29) is 11.4 Å². The molecule has 1 fully saturated rings. The standard InChI is InChI=1S/C21H24FN/c1-21(12-5-8-17-14-19(22)9-10-20(17)21)23-13-11-18(15-23)16-6-3-2-4-7-16/h2-4,6-7,9-10,14,18H,5,8,11-13,15H2,1H3. The summed E-state index contributed by atoms with van der Waals surface area (Å²) in [7, 11) is 0. The van der Waals surface area contributed by atoms with Gasteiger partial charge in [-0.25, -0.2) is 4.39 Å². The molecule has 1 aliphatic heterocycles. The fourth-order valence-electron chi connectivity index (χ4n) is 4.59. The smallest absolute Gasteiger partial charge is 0.123 e. The van der Waals surface area contributed by atoms with Crippen molar-refractivity contribution in [1.82, 2.24) is 4.90 Å². The Balaban J connectivity index is 1.62. The largest absolute Gasteiger partial charge is 0.293 e. The third-order valence-corrected chi connectivity index (χ3v) is 5.91. The van der Waals surface area contributed by atoms with E-state index in [0.29, 0.717) is 5.92 Å². The van der Waals surface area contributed by atoms with Crippen LogP contribution >= 0.6 is 0 Å². The first-order chi connectivity index (χ1) is 11.2. The Morgan fingerprint density at radius 1 is 1.13 bits per heavy atom. The fourth-order valence-corrected chi connectivity index (χ4v) is 4.59. The van der Waals surface area contributed by atoms with E-state index in [9.17, 15) is 4.39 Å². The molecule has 2 unspecified atom stereocenters. The highest BCUT2D eigenvalue weighted by atomic mass is 19.1. The zero-order valence-electron chi connectivity index (χ0n) is 13.8. The van der Waals surface area contributed by atoms with Crippen molar-refractivity contribution >= 4 is 0 Å². The first-order valence-corrected chi connectivity index (χ1v) is 8.76. The Hall–Kier alpha value is -1.67. The molecule has 1 aliphatic carbocycles.